The highest BCUT2D eigenvalue weighted by molar-refractivity contribution is 5.92. The molecule has 1 aliphatic carbocycles. The van der Waals surface area contributed by atoms with Crippen molar-refractivity contribution in [2.24, 2.45) is 5.92 Å². The summed E-state index contributed by atoms with van der Waals surface area (Å²) in [6, 6.07) is 9.68. The van der Waals surface area contributed by atoms with Crippen LogP contribution in [0, 0.1) is 5.92 Å². The van der Waals surface area contributed by atoms with E-state index < -0.39 is 0 Å². The summed E-state index contributed by atoms with van der Waals surface area (Å²) < 4.78 is 22.6. The number of morpholine rings is 1. The van der Waals surface area contributed by atoms with Crippen LogP contribution in [0.25, 0.3) is 10.9 Å². The number of benzene rings is 1. The summed E-state index contributed by atoms with van der Waals surface area (Å²) in [5, 5.41) is 0.868. The molecule has 1 aromatic carbocycles. The third kappa shape index (κ3) is 5.14. The zero-order valence-corrected chi connectivity index (χ0v) is 21.2. The predicted octanol–water partition coefficient (Wildman–Crippen LogP) is 4.79. The Hall–Kier alpha value is -3.26. The number of amides is 1. The number of anilines is 1. The number of ether oxygens (including phenoxy) is 3. The number of hydrogen-bond donors (Lipinski definition) is 0. The summed E-state index contributed by atoms with van der Waals surface area (Å²) >= 11 is 0. The van der Waals surface area contributed by atoms with Crippen LogP contribution in [-0.4, -0.2) is 56.3 Å². The normalized spacial score (nSPS) is 16.8. The summed E-state index contributed by atoms with van der Waals surface area (Å²) in [5.41, 5.74) is 1.73. The highest BCUT2D eigenvalue weighted by atomic mass is 16.5. The van der Waals surface area contributed by atoms with Gasteiger partial charge < -0.3 is 28.4 Å². The van der Waals surface area contributed by atoms with Crippen LogP contribution in [0.5, 0.6) is 11.5 Å². The molecule has 0 spiro atoms. The van der Waals surface area contributed by atoms with E-state index in [0.717, 1.165) is 72.6 Å². The third-order valence-electron chi connectivity index (χ3n) is 7.27. The Bertz CT molecular complexity index is 1170. The first kappa shape index (κ1) is 24.4. The van der Waals surface area contributed by atoms with E-state index in [-0.39, 0.29) is 11.8 Å². The first-order valence-corrected chi connectivity index (χ1v) is 12.9. The first-order chi connectivity index (χ1) is 17.7. The molecule has 3 heterocycles. The zero-order valence-electron chi connectivity index (χ0n) is 21.2. The Morgan fingerprint density at radius 1 is 1.06 bits per heavy atom. The molecule has 1 saturated carbocycles. The molecule has 1 saturated heterocycles. The predicted molar refractivity (Wildman–Crippen MR) is 137 cm³/mol. The second-order valence-electron chi connectivity index (χ2n) is 9.55. The Labute approximate surface area is 212 Å². The highest BCUT2D eigenvalue weighted by Crippen LogP contribution is 2.36. The lowest BCUT2D eigenvalue weighted by atomic mass is 9.88. The molecule has 8 heteroatoms. The van der Waals surface area contributed by atoms with Gasteiger partial charge in [-0.3, -0.25) is 4.79 Å². The molecule has 2 fully saturated rings. The quantitative estimate of drug-likeness (QED) is 0.446. The lowest BCUT2D eigenvalue weighted by Gasteiger charge is -2.33. The van der Waals surface area contributed by atoms with Gasteiger partial charge in [-0.25, -0.2) is 4.98 Å². The number of aromatic nitrogens is 1. The summed E-state index contributed by atoms with van der Waals surface area (Å²) in [4.78, 5) is 23.1. The van der Waals surface area contributed by atoms with Gasteiger partial charge in [0.05, 0.1) is 40.2 Å². The first-order valence-electron chi connectivity index (χ1n) is 12.9. The fourth-order valence-electron chi connectivity index (χ4n) is 5.36. The maximum Gasteiger partial charge on any atom is 0.226 e. The van der Waals surface area contributed by atoms with E-state index in [1.165, 1.54) is 6.42 Å². The minimum absolute atomic E-state index is 0.0589. The summed E-state index contributed by atoms with van der Waals surface area (Å²) in [5.74, 6) is 3.31. The summed E-state index contributed by atoms with van der Waals surface area (Å²) in [7, 11) is 3.31. The smallest absolute Gasteiger partial charge is 0.226 e. The molecular formula is C28H35N3O5. The van der Waals surface area contributed by atoms with Gasteiger partial charge in [0.2, 0.25) is 5.91 Å². The van der Waals surface area contributed by atoms with Crippen molar-refractivity contribution in [3.8, 4) is 11.5 Å². The minimum Gasteiger partial charge on any atom is -0.496 e. The van der Waals surface area contributed by atoms with Crippen molar-refractivity contribution in [2.45, 2.75) is 45.2 Å². The summed E-state index contributed by atoms with van der Waals surface area (Å²) in [6.45, 7) is 3.64. The van der Waals surface area contributed by atoms with Crippen LogP contribution in [0.4, 0.5) is 5.82 Å². The second kappa shape index (κ2) is 11.2. The van der Waals surface area contributed by atoms with Gasteiger partial charge in [0.25, 0.3) is 0 Å². The maximum atomic E-state index is 13.8. The van der Waals surface area contributed by atoms with Crippen LogP contribution in [-0.2, 0) is 22.6 Å². The molecule has 5 rings (SSSR count). The number of methoxy groups -OCH3 is 2. The van der Waals surface area contributed by atoms with Crippen LogP contribution >= 0.6 is 0 Å². The molecule has 0 N–H and O–H groups in total. The van der Waals surface area contributed by atoms with Crippen LogP contribution in [0.3, 0.4) is 0 Å². The lowest BCUT2D eigenvalue weighted by molar-refractivity contribution is -0.138. The molecule has 8 nitrogen and oxygen atoms in total. The Morgan fingerprint density at radius 3 is 2.50 bits per heavy atom. The van der Waals surface area contributed by atoms with Crippen LogP contribution < -0.4 is 14.4 Å². The van der Waals surface area contributed by atoms with Crippen LogP contribution in [0.2, 0.25) is 0 Å². The van der Waals surface area contributed by atoms with Crippen molar-refractivity contribution < 1.29 is 23.4 Å². The fourth-order valence-corrected chi connectivity index (χ4v) is 5.36. The number of furan rings is 1. The largest absolute Gasteiger partial charge is 0.496 e. The molecule has 0 bridgehead atoms. The van der Waals surface area contributed by atoms with Crippen LogP contribution in [0.15, 0.2) is 41.0 Å². The summed E-state index contributed by atoms with van der Waals surface area (Å²) in [6.07, 6.45) is 6.98. The lowest BCUT2D eigenvalue weighted by Crippen LogP contribution is -2.39. The van der Waals surface area contributed by atoms with E-state index in [2.05, 4.69) is 11.0 Å². The number of hydrogen-bond acceptors (Lipinski definition) is 7. The van der Waals surface area contributed by atoms with Gasteiger partial charge in [-0.05, 0) is 43.2 Å². The van der Waals surface area contributed by atoms with Crippen molar-refractivity contribution in [1.82, 2.24) is 9.88 Å². The molecular weight excluding hydrogens is 458 g/mol. The minimum atomic E-state index is 0.0589. The number of fused-ring (bicyclic) bond motifs is 1. The second-order valence-corrected chi connectivity index (χ2v) is 9.55. The van der Waals surface area contributed by atoms with E-state index in [9.17, 15) is 4.79 Å². The standard InChI is InChI=1S/C28H35N3O5/c1-33-24-10-11-25(34-2)26-23(24)17-21(27(29-26)30-12-15-35-16-13-30)18-31(19-22-9-6-14-36-22)28(32)20-7-4-3-5-8-20/h6,9-11,14,17,20H,3-5,7-8,12-13,15-16,18-19H2,1-2H3. The van der Waals surface area contributed by atoms with Crippen molar-refractivity contribution in [3.63, 3.8) is 0 Å². The van der Waals surface area contributed by atoms with Crippen molar-refractivity contribution in [2.75, 3.05) is 45.4 Å². The van der Waals surface area contributed by atoms with E-state index >= 15 is 0 Å². The highest BCUT2D eigenvalue weighted by Gasteiger charge is 2.29. The number of rotatable bonds is 8. The molecule has 0 atom stereocenters. The van der Waals surface area contributed by atoms with Gasteiger partial charge in [-0.2, -0.15) is 0 Å². The number of carbonyl (C=O) groups is 1. The van der Waals surface area contributed by atoms with Gasteiger partial charge >= 0.3 is 0 Å². The Kier molecular flexibility index (Phi) is 7.60. The van der Waals surface area contributed by atoms with Gasteiger partial charge in [-0.15, -0.1) is 0 Å². The monoisotopic (exact) mass is 493 g/mol. The van der Waals surface area contributed by atoms with Gasteiger partial charge in [-0.1, -0.05) is 19.3 Å². The van der Waals surface area contributed by atoms with Gasteiger partial charge in [0, 0.05) is 36.5 Å². The molecule has 1 aliphatic heterocycles. The molecule has 1 amide bonds. The van der Waals surface area contributed by atoms with Crippen molar-refractivity contribution >= 4 is 22.6 Å². The molecule has 3 aromatic rings. The molecule has 36 heavy (non-hydrogen) atoms. The third-order valence-corrected chi connectivity index (χ3v) is 7.27. The molecule has 0 radical (unpaired) electrons. The van der Waals surface area contributed by atoms with Crippen LogP contribution in [0.1, 0.15) is 43.4 Å². The topological polar surface area (TPSA) is 77.3 Å². The van der Waals surface area contributed by atoms with E-state index in [1.54, 1.807) is 20.5 Å². The Morgan fingerprint density at radius 2 is 1.81 bits per heavy atom. The van der Waals surface area contributed by atoms with E-state index in [4.69, 9.17) is 23.6 Å². The molecule has 192 valence electrons. The molecule has 2 aromatic heterocycles. The number of carbonyl (C=O) groups excluding carboxylic acids is 1. The maximum absolute atomic E-state index is 13.8. The SMILES string of the molecule is COc1ccc(OC)c2nc(N3CCOCC3)c(CN(Cc3ccco3)C(=O)C3CCCCC3)cc12. The van der Waals surface area contributed by atoms with E-state index in [0.29, 0.717) is 32.1 Å². The molecule has 0 unspecified atom stereocenters. The van der Waals surface area contributed by atoms with Crippen molar-refractivity contribution in [1.29, 1.82) is 0 Å². The fraction of sp³-hybridized carbons (Fsp3) is 0.500. The van der Waals surface area contributed by atoms with Gasteiger partial charge in [0.15, 0.2) is 0 Å². The van der Waals surface area contributed by atoms with Crippen molar-refractivity contribution in [3.05, 3.63) is 47.9 Å². The van der Waals surface area contributed by atoms with E-state index in [1.807, 2.05) is 29.2 Å². The van der Waals surface area contributed by atoms with Gasteiger partial charge in [0.1, 0.15) is 28.6 Å². The average molecular weight is 494 g/mol. The average Bonchev–Trinajstić information content (AvgIpc) is 3.45. The molecule has 2 aliphatic rings. The zero-order chi connectivity index (χ0) is 24.9. The number of nitrogens with zero attached hydrogens (tertiary/aromatic N) is 3. The Balaban J connectivity index is 1.58. The number of pyridine rings is 1.